The van der Waals surface area contributed by atoms with Gasteiger partial charge in [-0.2, -0.15) is 0 Å². The minimum Gasteiger partial charge on any atom is -0.339 e. The Kier molecular flexibility index (Phi) is 4.21. The van der Waals surface area contributed by atoms with Gasteiger partial charge in [-0.25, -0.2) is 8.78 Å². The SMILES string of the molecule is O=C(c1c(F)cccc1F)N1CCN(C(=O)C23CC4CC(CC(C4)C2)C3)CC1. The first-order valence-corrected chi connectivity index (χ1v) is 10.5. The van der Waals surface area contributed by atoms with E-state index in [1.165, 1.54) is 30.2 Å². The summed E-state index contributed by atoms with van der Waals surface area (Å²) in [6.07, 6.45) is 6.96. The topological polar surface area (TPSA) is 40.6 Å². The summed E-state index contributed by atoms with van der Waals surface area (Å²) in [4.78, 5) is 29.4. The summed E-state index contributed by atoms with van der Waals surface area (Å²) in [5, 5.41) is 0. The third kappa shape index (κ3) is 2.83. The van der Waals surface area contributed by atoms with Crippen LogP contribution >= 0.6 is 0 Å². The quantitative estimate of drug-likeness (QED) is 0.779. The lowest BCUT2D eigenvalue weighted by Gasteiger charge is -2.57. The summed E-state index contributed by atoms with van der Waals surface area (Å²) in [6.45, 7) is 1.54. The Bertz CT molecular complexity index is 761. The lowest BCUT2D eigenvalue weighted by molar-refractivity contribution is -0.159. The number of rotatable bonds is 2. The average molecular weight is 388 g/mol. The molecule has 0 atom stereocenters. The molecule has 1 aromatic rings. The number of carbonyl (C=O) groups excluding carboxylic acids is 2. The van der Waals surface area contributed by atoms with Crippen LogP contribution in [0.2, 0.25) is 0 Å². The Hall–Kier alpha value is -1.98. The maximum absolute atomic E-state index is 13.9. The molecule has 28 heavy (non-hydrogen) atoms. The predicted octanol–water partition coefficient (Wildman–Crippen LogP) is 3.47. The molecule has 0 N–H and O–H groups in total. The molecule has 5 aliphatic rings. The van der Waals surface area contributed by atoms with Crippen LogP contribution in [0.4, 0.5) is 8.78 Å². The van der Waals surface area contributed by atoms with Crippen molar-refractivity contribution in [1.29, 1.82) is 0 Å². The minimum absolute atomic E-state index is 0.182. The molecule has 0 unspecified atom stereocenters. The van der Waals surface area contributed by atoms with Gasteiger partial charge in [0.1, 0.15) is 17.2 Å². The number of amides is 2. The van der Waals surface area contributed by atoms with Crippen molar-refractivity contribution in [3.63, 3.8) is 0 Å². The van der Waals surface area contributed by atoms with Crippen LogP contribution in [-0.4, -0.2) is 47.8 Å². The first kappa shape index (κ1) is 18.1. The highest BCUT2D eigenvalue weighted by Gasteiger charge is 2.55. The second-order valence-corrected chi connectivity index (χ2v) is 9.38. The Morgan fingerprint density at radius 3 is 1.79 bits per heavy atom. The zero-order valence-corrected chi connectivity index (χ0v) is 16.0. The largest absolute Gasteiger partial charge is 0.339 e. The molecule has 1 saturated heterocycles. The zero-order valence-electron chi connectivity index (χ0n) is 16.0. The van der Waals surface area contributed by atoms with Crippen LogP contribution in [0.3, 0.4) is 0 Å². The van der Waals surface area contributed by atoms with Crippen molar-refractivity contribution in [2.45, 2.75) is 38.5 Å². The molecule has 4 bridgehead atoms. The van der Waals surface area contributed by atoms with Gasteiger partial charge in [-0.1, -0.05) is 6.07 Å². The molecule has 1 heterocycles. The van der Waals surface area contributed by atoms with Crippen LogP contribution in [-0.2, 0) is 4.79 Å². The van der Waals surface area contributed by atoms with Crippen molar-refractivity contribution in [3.05, 3.63) is 35.4 Å². The lowest BCUT2D eigenvalue weighted by Crippen LogP contribution is -2.58. The summed E-state index contributed by atoms with van der Waals surface area (Å²) >= 11 is 0. The Balaban J connectivity index is 1.26. The molecular weight excluding hydrogens is 362 g/mol. The Morgan fingerprint density at radius 2 is 1.29 bits per heavy atom. The van der Waals surface area contributed by atoms with Crippen LogP contribution in [0.15, 0.2) is 18.2 Å². The number of halogens is 2. The van der Waals surface area contributed by atoms with E-state index < -0.39 is 23.1 Å². The highest BCUT2D eigenvalue weighted by atomic mass is 19.1. The average Bonchev–Trinajstić information content (AvgIpc) is 2.66. The Morgan fingerprint density at radius 1 is 0.821 bits per heavy atom. The minimum atomic E-state index is -0.836. The van der Waals surface area contributed by atoms with Crippen LogP contribution in [0.25, 0.3) is 0 Å². The monoisotopic (exact) mass is 388 g/mol. The van der Waals surface area contributed by atoms with Gasteiger partial charge < -0.3 is 9.80 Å². The van der Waals surface area contributed by atoms with E-state index in [0.717, 1.165) is 31.4 Å². The third-order valence-electron chi connectivity index (χ3n) is 7.52. The summed E-state index contributed by atoms with van der Waals surface area (Å²) in [5.41, 5.74) is -0.679. The molecule has 4 nitrogen and oxygen atoms in total. The van der Waals surface area contributed by atoms with Crippen molar-refractivity contribution >= 4 is 11.8 Å². The van der Waals surface area contributed by atoms with Crippen molar-refractivity contribution in [2.24, 2.45) is 23.2 Å². The second-order valence-electron chi connectivity index (χ2n) is 9.38. The number of piperazine rings is 1. The number of hydrogen-bond donors (Lipinski definition) is 0. The second kappa shape index (κ2) is 6.53. The van der Waals surface area contributed by atoms with E-state index in [4.69, 9.17) is 0 Å². The van der Waals surface area contributed by atoms with E-state index in [9.17, 15) is 18.4 Å². The van der Waals surface area contributed by atoms with E-state index in [0.29, 0.717) is 43.9 Å². The summed E-state index contributed by atoms with van der Waals surface area (Å²) in [5.74, 6) is 0.0914. The van der Waals surface area contributed by atoms with E-state index in [2.05, 4.69) is 0 Å². The predicted molar refractivity (Wildman–Crippen MR) is 99.4 cm³/mol. The molecular formula is C22H26F2N2O2. The fourth-order valence-electron chi connectivity index (χ4n) is 6.68. The first-order valence-electron chi connectivity index (χ1n) is 10.5. The van der Waals surface area contributed by atoms with Gasteiger partial charge in [0.2, 0.25) is 5.91 Å². The molecule has 6 heteroatoms. The first-order chi connectivity index (χ1) is 13.4. The number of benzene rings is 1. The highest BCUT2D eigenvalue weighted by Crippen LogP contribution is 2.60. The number of nitrogens with zero attached hydrogens (tertiary/aromatic N) is 2. The van der Waals surface area contributed by atoms with Gasteiger partial charge in [0, 0.05) is 26.2 Å². The molecule has 5 fully saturated rings. The summed E-state index contributed by atoms with van der Waals surface area (Å²) in [6, 6.07) is 3.45. The van der Waals surface area contributed by atoms with Gasteiger partial charge in [-0.05, 0) is 68.4 Å². The molecule has 4 saturated carbocycles. The van der Waals surface area contributed by atoms with Crippen LogP contribution < -0.4 is 0 Å². The molecule has 0 radical (unpaired) electrons. The smallest absolute Gasteiger partial charge is 0.259 e. The van der Waals surface area contributed by atoms with Crippen LogP contribution in [0.5, 0.6) is 0 Å². The normalized spacial score (nSPS) is 34.0. The van der Waals surface area contributed by atoms with Crippen molar-refractivity contribution in [2.75, 3.05) is 26.2 Å². The number of hydrogen-bond acceptors (Lipinski definition) is 2. The lowest BCUT2D eigenvalue weighted by atomic mass is 9.49. The third-order valence-corrected chi connectivity index (χ3v) is 7.52. The fourth-order valence-corrected chi connectivity index (χ4v) is 6.68. The van der Waals surface area contributed by atoms with Gasteiger partial charge in [0.15, 0.2) is 0 Å². The van der Waals surface area contributed by atoms with Gasteiger partial charge in [0.05, 0.1) is 5.41 Å². The highest BCUT2D eigenvalue weighted by molar-refractivity contribution is 5.95. The fraction of sp³-hybridized carbons (Fsp3) is 0.636. The standard InChI is InChI=1S/C22H26F2N2O2/c23-17-2-1-3-18(24)19(17)20(27)25-4-6-26(7-5-25)21(28)22-11-14-8-15(12-22)10-16(9-14)13-22/h1-3,14-16H,4-13H2. The Labute approximate surface area is 163 Å². The van der Waals surface area contributed by atoms with Gasteiger partial charge in [-0.15, -0.1) is 0 Å². The molecule has 2 amide bonds. The van der Waals surface area contributed by atoms with Gasteiger partial charge >= 0.3 is 0 Å². The van der Waals surface area contributed by atoms with Crippen LogP contribution in [0.1, 0.15) is 48.9 Å². The molecule has 150 valence electrons. The molecule has 0 aromatic heterocycles. The maximum Gasteiger partial charge on any atom is 0.259 e. The van der Waals surface area contributed by atoms with Crippen molar-refractivity contribution in [1.82, 2.24) is 9.80 Å². The van der Waals surface area contributed by atoms with E-state index >= 15 is 0 Å². The summed E-state index contributed by atoms with van der Waals surface area (Å²) < 4.78 is 27.9. The molecule has 0 spiro atoms. The molecule has 6 rings (SSSR count). The molecule has 4 aliphatic carbocycles. The van der Waals surface area contributed by atoms with Crippen molar-refractivity contribution in [3.8, 4) is 0 Å². The zero-order chi connectivity index (χ0) is 19.5. The maximum atomic E-state index is 13.9. The van der Waals surface area contributed by atoms with Gasteiger partial charge in [-0.3, -0.25) is 9.59 Å². The van der Waals surface area contributed by atoms with E-state index in [-0.39, 0.29) is 11.3 Å². The van der Waals surface area contributed by atoms with E-state index in [1.807, 2.05) is 4.90 Å². The van der Waals surface area contributed by atoms with Crippen LogP contribution in [0, 0.1) is 34.8 Å². The number of carbonyl (C=O) groups is 2. The van der Waals surface area contributed by atoms with Crippen molar-refractivity contribution < 1.29 is 18.4 Å². The van der Waals surface area contributed by atoms with Gasteiger partial charge in [0.25, 0.3) is 5.91 Å². The summed E-state index contributed by atoms with van der Waals surface area (Å²) in [7, 11) is 0. The molecule has 1 aliphatic heterocycles. The molecule has 1 aromatic carbocycles. The van der Waals surface area contributed by atoms with E-state index in [1.54, 1.807) is 0 Å².